The quantitative estimate of drug-likeness (QED) is 0.862. The molecule has 0 aromatic heterocycles. The molecule has 1 aromatic carbocycles. The Morgan fingerprint density at radius 1 is 1.20 bits per heavy atom. The molecule has 112 valence electrons. The molecule has 1 saturated heterocycles. The van der Waals surface area contributed by atoms with Crippen LogP contribution in [-0.4, -0.2) is 42.9 Å². The van der Waals surface area contributed by atoms with Crippen molar-refractivity contribution in [3.05, 3.63) is 34.3 Å². The highest BCUT2D eigenvalue weighted by Crippen LogP contribution is 2.31. The number of aliphatic hydroxyl groups is 1. The van der Waals surface area contributed by atoms with E-state index >= 15 is 0 Å². The van der Waals surface area contributed by atoms with Crippen LogP contribution in [-0.2, 0) is 10.3 Å². The Hall–Kier alpha value is -0.420. The monoisotopic (exact) mass is 341 g/mol. The molecule has 0 aliphatic carbocycles. The molecule has 1 heterocycles. The van der Waals surface area contributed by atoms with Crippen molar-refractivity contribution in [1.29, 1.82) is 0 Å². The first-order valence-electron chi connectivity index (χ1n) is 7.42. The standard InChI is InChI=1S/C16H24BrNO2/c1-2-7-16(19,14-3-5-15(17)6-4-14)8-9-18-10-12-20-13-11-18/h3-6,19H,2,7-13H2,1H3/t16-/m0/s1. The highest BCUT2D eigenvalue weighted by Gasteiger charge is 2.29. The van der Waals surface area contributed by atoms with Crippen molar-refractivity contribution in [2.75, 3.05) is 32.8 Å². The Labute approximate surface area is 130 Å². The molecule has 1 atom stereocenters. The molecular weight excluding hydrogens is 318 g/mol. The van der Waals surface area contributed by atoms with Gasteiger partial charge in [0.1, 0.15) is 0 Å². The number of hydrogen-bond acceptors (Lipinski definition) is 3. The highest BCUT2D eigenvalue weighted by atomic mass is 79.9. The van der Waals surface area contributed by atoms with E-state index in [1.165, 1.54) is 0 Å². The maximum absolute atomic E-state index is 11.0. The molecule has 0 radical (unpaired) electrons. The van der Waals surface area contributed by atoms with Gasteiger partial charge in [-0.15, -0.1) is 0 Å². The average molecular weight is 342 g/mol. The summed E-state index contributed by atoms with van der Waals surface area (Å²) in [6.45, 7) is 6.62. The summed E-state index contributed by atoms with van der Waals surface area (Å²) in [7, 11) is 0. The fourth-order valence-electron chi connectivity index (χ4n) is 2.76. The van der Waals surface area contributed by atoms with Crippen LogP contribution in [0.4, 0.5) is 0 Å². The van der Waals surface area contributed by atoms with Gasteiger partial charge in [-0.05, 0) is 30.5 Å². The van der Waals surface area contributed by atoms with E-state index < -0.39 is 5.60 Å². The zero-order valence-electron chi connectivity index (χ0n) is 12.1. The van der Waals surface area contributed by atoms with Crippen LogP contribution < -0.4 is 0 Å². The van der Waals surface area contributed by atoms with Crippen LogP contribution in [0.5, 0.6) is 0 Å². The molecule has 0 spiro atoms. The smallest absolute Gasteiger partial charge is 0.0908 e. The molecule has 1 fully saturated rings. The molecule has 1 aliphatic rings. The molecule has 4 heteroatoms. The number of ether oxygens (including phenoxy) is 1. The summed E-state index contributed by atoms with van der Waals surface area (Å²) >= 11 is 3.45. The molecule has 0 unspecified atom stereocenters. The van der Waals surface area contributed by atoms with E-state index in [0.717, 1.165) is 62.1 Å². The molecule has 0 bridgehead atoms. The number of morpholine rings is 1. The summed E-state index contributed by atoms with van der Waals surface area (Å²) in [4.78, 5) is 2.38. The van der Waals surface area contributed by atoms with Crippen LogP contribution in [0.2, 0.25) is 0 Å². The Balaban J connectivity index is 2.02. The lowest BCUT2D eigenvalue weighted by Crippen LogP contribution is -2.40. The molecule has 0 amide bonds. The molecule has 2 rings (SSSR count). The highest BCUT2D eigenvalue weighted by molar-refractivity contribution is 9.10. The summed E-state index contributed by atoms with van der Waals surface area (Å²) in [6, 6.07) is 8.06. The number of halogens is 1. The van der Waals surface area contributed by atoms with Gasteiger partial charge >= 0.3 is 0 Å². The van der Waals surface area contributed by atoms with Gasteiger partial charge < -0.3 is 9.84 Å². The van der Waals surface area contributed by atoms with Crippen LogP contribution in [0.1, 0.15) is 31.7 Å². The fourth-order valence-corrected chi connectivity index (χ4v) is 3.02. The van der Waals surface area contributed by atoms with Gasteiger partial charge in [-0.2, -0.15) is 0 Å². The van der Waals surface area contributed by atoms with Gasteiger partial charge in [-0.1, -0.05) is 41.4 Å². The van der Waals surface area contributed by atoms with Gasteiger partial charge in [-0.25, -0.2) is 0 Å². The normalized spacial score (nSPS) is 19.8. The largest absolute Gasteiger partial charge is 0.385 e. The topological polar surface area (TPSA) is 32.7 Å². The minimum absolute atomic E-state index is 0.715. The van der Waals surface area contributed by atoms with E-state index in [1.807, 2.05) is 24.3 Å². The summed E-state index contributed by atoms with van der Waals surface area (Å²) in [5, 5.41) is 11.0. The lowest BCUT2D eigenvalue weighted by molar-refractivity contribution is -0.0102. The van der Waals surface area contributed by atoms with E-state index in [9.17, 15) is 5.11 Å². The second-order valence-corrected chi connectivity index (χ2v) is 6.41. The minimum atomic E-state index is -0.715. The van der Waals surface area contributed by atoms with Crippen LogP contribution in [0.3, 0.4) is 0 Å². The number of hydrogen-bond donors (Lipinski definition) is 1. The first-order chi connectivity index (χ1) is 9.64. The van der Waals surface area contributed by atoms with Crippen molar-refractivity contribution in [3.8, 4) is 0 Å². The van der Waals surface area contributed by atoms with Crippen molar-refractivity contribution < 1.29 is 9.84 Å². The molecule has 20 heavy (non-hydrogen) atoms. The Morgan fingerprint density at radius 2 is 1.85 bits per heavy atom. The maximum Gasteiger partial charge on any atom is 0.0908 e. The third-order valence-electron chi connectivity index (χ3n) is 3.99. The zero-order valence-corrected chi connectivity index (χ0v) is 13.7. The third-order valence-corrected chi connectivity index (χ3v) is 4.52. The van der Waals surface area contributed by atoms with Crippen molar-refractivity contribution in [1.82, 2.24) is 4.90 Å². The van der Waals surface area contributed by atoms with Gasteiger partial charge in [0, 0.05) is 24.1 Å². The molecule has 3 nitrogen and oxygen atoms in total. The van der Waals surface area contributed by atoms with Crippen molar-refractivity contribution in [3.63, 3.8) is 0 Å². The van der Waals surface area contributed by atoms with Crippen LogP contribution in [0, 0.1) is 0 Å². The van der Waals surface area contributed by atoms with E-state index in [2.05, 4.69) is 27.8 Å². The number of rotatable bonds is 6. The summed E-state index contributed by atoms with van der Waals surface area (Å²) in [6.07, 6.45) is 2.57. The maximum atomic E-state index is 11.0. The Bertz CT molecular complexity index is 403. The molecule has 1 N–H and O–H groups in total. The SMILES string of the molecule is CCC[C@](O)(CCN1CCOCC1)c1ccc(Br)cc1. The molecule has 1 aliphatic heterocycles. The van der Waals surface area contributed by atoms with Crippen LogP contribution >= 0.6 is 15.9 Å². The molecule has 1 aromatic rings. The summed E-state index contributed by atoms with van der Waals surface area (Å²) in [5.74, 6) is 0. The van der Waals surface area contributed by atoms with E-state index in [4.69, 9.17) is 4.74 Å². The van der Waals surface area contributed by atoms with Gasteiger partial charge in [-0.3, -0.25) is 4.90 Å². The van der Waals surface area contributed by atoms with Crippen molar-refractivity contribution >= 4 is 15.9 Å². The lowest BCUT2D eigenvalue weighted by Gasteiger charge is -2.33. The van der Waals surface area contributed by atoms with Crippen molar-refractivity contribution in [2.24, 2.45) is 0 Å². The van der Waals surface area contributed by atoms with Gasteiger partial charge in [0.15, 0.2) is 0 Å². The summed E-state index contributed by atoms with van der Waals surface area (Å²) < 4.78 is 6.42. The van der Waals surface area contributed by atoms with E-state index in [1.54, 1.807) is 0 Å². The van der Waals surface area contributed by atoms with Crippen LogP contribution in [0.25, 0.3) is 0 Å². The average Bonchev–Trinajstić information content (AvgIpc) is 2.47. The summed E-state index contributed by atoms with van der Waals surface area (Å²) in [5.41, 5.74) is 0.309. The Morgan fingerprint density at radius 3 is 2.45 bits per heavy atom. The molecule has 0 saturated carbocycles. The number of benzene rings is 1. The Kier molecular flexibility index (Phi) is 6.02. The first-order valence-corrected chi connectivity index (χ1v) is 8.22. The number of nitrogens with zero attached hydrogens (tertiary/aromatic N) is 1. The van der Waals surface area contributed by atoms with Gasteiger partial charge in [0.2, 0.25) is 0 Å². The fraction of sp³-hybridized carbons (Fsp3) is 0.625. The second kappa shape index (κ2) is 7.55. The van der Waals surface area contributed by atoms with Gasteiger partial charge in [0.25, 0.3) is 0 Å². The van der Waals surface area contributed by atoms with Crippen molar-refractivity contribution in [2.45, 2.75) is 31.8 Å². The minimum Gasteiger partial charge on any atom is -0.385 e. The van der Waals surface area contributed by atoms with Gasteiger partial charge in [0.05, 0.1) is 18.8 Å². The van der Waals surface area contributed by atoms with E-state index in [0.29, 0.717) is 0 Å². The predicted molar refractivity (Wildman–Crippen MR) is 84.8 cm³/mol. The predicted octanol–water partition coefficient (Wildman–Crippen LogP) is 3.16. The second-order valence-electron chi connectivity index (χ2n) is 5.49. The van der Waals surface area contributed by atoms with E-state index in [-0.39, 0.29) is 0 Å². The first kappa shape index (κ1) is 16.0. The van der Waals surface area contributed by atoms with Crippen LogP contribution in [0.15, 0.2) is 28.7 Å². The zero-order chi connectivity index (χ0) is 14.4. The third kappa shape index (κ3) is 4.29. The lowest BCUT2D eigenvalue weighted by atomic mass is 9.86. The molecular formula is C16H24BrNO2.